The van der Waals surface area contributed by atoms with Crippen LogP contribution in [0.1, 0.15) is 14.3 Å². The molecule has 0 spiro atoms. The standard InChI is InChI=1S/C7H8O8.Na.H/c8-3-15-5(11)2-7(14,6(12)13)1-4(9)10;;/h3,14H,1-2H2,(H,9,10)(H,12,13);;/q;+1;-1. The van der Waals surface area contributed by atoms with Crippen LogP contribution < -0.4 is 29.6 Å². The molecule has 16 heavy (non-hydrogen) atoms. The Balaban J connectivity index is -0.000000980. The van der Waals surface area contributed by atoms with Gasteiger partial charge in [0.1, 0.15) is 0 Å². The molecule has 3 N–H and O–H groups in total. The van der Waals surface area contributed by atoms with E-state index in [0.29, 0.717) is 0 Å². The Labute approximate surface area is 113 Å². The van der Waals surface area contributed by atoms with Crippen LogP contribution in [0, 0.1) is 0 Å². The van der Waals surface area contributed by atoms with Crippen LogP contribution in [0.4, 0.5) is 0 Å². The van der Waals surface area contributed by atoms with Crippen molar-refractivity contribution >= 4 is 24.4 Å². The summed E-state index contributed by atoms with van der Waals surface area (Å²) in [5, 5.41) is 26.0. The van der Waals surface area contributed by atoms with Crippen LogP contribution in [0.5, 0.6) is 0 Å². The van der Waals surface area contributed by atoms with Gasteiger partial charge < -0.3 is 21.5 Å². The van der Waals surface area contributed by atoms with Crippen LogP contribution in [0.25, 0.3) is 0 Å². The zero-order valence-electron chi connectivity index (χ0n) is 9.37. The summed E-state index contributed by atoms with van der Waals surface area (Å²) in [5.74, 6) is -4.80. The van der Waals surface area contributed by atoms with E-state index in [0.717, 1.165) is 0 Å². The fraction of sp³-hybridized carbons (Fsp3) is 0.429. The van der Waals surface area contributed by atoms with Crippen molar-refractivity contribution < 1.29 is 70.2 Å². The molecule has 0 aromatic carbocycles. The summed E-state index contributed by atoms with van der Waals surface area (Å²) in [7, 11) is 0. The summed E-state index contributed by atoms with van der Waals surface area (Å²) in [6, 6.07) is 0. The van der Waals surface area contributed by atoms with Crippen LogP contribution in [0.15, 0.2) is 0 Å². The molecule has 86 valence electrons. The maximum absolute atomic E-state index is 10.7. The fourth-order valence-corrected chi connectivity index (χ4v) is 0.798. The van der Waals surface area contributed by atoms with Gasteiger partial charge in [0.05, 0.1) is 12.8 Å². The van der Waals surface area contributed by atoms with Crippen molar-refractivity contribution in [1.82, 2.24) is 0 Å². The Bertz CT molecular complexity index is 306. The number of esters is 1. The van der Waals surface area contributed by atoms with Gasteiger partial charge in [0, 0.05) is 0 Å². The molecular formula is C7H9NaO8. The summed E-state index contributed by atoms with van der Waals surface area (Å²) < 4.78 is 3.73. The molecular weight excluding hydrogens is 235 g/mol. The van der Waals surface area contributed by atoms with Crippen molar-refractivity contribution in [2.75, 3.05) is 0 Å². The van der Waals surface area contributed by atoms with Gasteiger partial charge in [-0.3, -0.25) is 14.4 Å². The maximum Gasteiger partial charge on any atom is 1.00 e. The molecule has 8 nitrogen and oxygen atoms in total. The number of carbonyl (C=O) groups excluding carboxylic acids is 2. The summed E-state index contributed by atoms with van der Waals surface area (Å²) >= 11 is 0. The van der Waals surface area contributed by atoms with Gasteiger partial charge in [-0.1, -0.05) is 0 Å². The number of carbonyl (C=O) groups is 4. The minimum absolute atomic E-state index is 0. The number of hydrogen-bond donors (Lipinski definition) is 3. The number of carboxylic acid groups (broad SMARTS) is 2. The van der Waals surface area contributed by atoms with Crippen LogP contribution in [-0.4, -0.2) is 45.3 Å². The van der Waals surface area contributed by atoms with E-state index in [1.807, 2.05) is 0 Å². The van der Waals surface area contributed by atoms with E-state index in [9.17, 15) is 24.3 Å². The Morgan fingerprint density at radius 2 is 1.75 bits per heavy atom. The van der Waals surface area contributed by atoms with Gasteiger partial charge >= 0.3 is 53.9 Å². The Kier molecular flexibility index (Phi) is 7.99. The first-order valence-corrected chi connectivity index (χ1v) is 3.62. The van der Waals surface area contributed by atoms with E-state index in [2.05, 4.69) is 4.74 Å². The average Bonchev–Trinajstić information content (AvgIpc) is 2.01. The molecule has 0 radical (unpaired) electrons. The fourth-order valence-electron chi connectivity index (χ4n) is 0.798. The number of hydrogen-bond acceptors (Lipinski definition) is 6. The van der Waals surface area contributed by atoms with Gasteiger partial charge in [-0.05, 0) is 0 Å². The first kappa shape index (κ1) is 17.4. The second-order valence-electron chi connectivity index (χ2n) is 2.67. The normalized spacial score (nSPS) is 12.8. The quantitative estimate of drug-likeness (QED) is 0.184. The average molecular weight is 244 g/mol. The molecule has 1 atom stereocenters. The predicted octanol–water partition coefficient (Wildman–Crippen LogP) is -4.52. The van der Waals surface area contributed by atoms with Crippen molar-refractivity contribution in [3.8, 4) is 0 Å². The largest absolute Gasteiger partial charge is 1.00 e. The summed E-state index contributed by atoms with van der Waals surface area (Å²) in [4.78, 5) is 41.1. The van der Waals surface area contributed by atoms with Crippen LogP contribution >= 0.6 is 0 Å². The van der Waals surface area contributed by atoms with Crippen molar-refractivity contribution in [1.29, 1.82) is 0 Å². The van der Waals surface area contributed by atoms with Crippen LogP contribution in [0.2, 0.25) is 0 Å². The Morgan fingerprint density at radius 3 is 2.06 bits per heavy atom. The second-order valence-corrected chi connectivity index (χ2v) is 2.67. The molecule has 0 aromatic heterocycles. The van der Waals surface area contributed by atoms with E-state index >= 15 is 0 Å². The van der Waals surface area contributed by atoms with E-state index in [4.69, 9.17) is 10.2 Å². The third kappa shape index (κ3) is 5.81. The van der Waals surface area contributed by atoms with Gasteiger partial charge in [0.25, 0.3) is 0 Å². The van der Waals surface area contributed by atoms with Crippen LogP contribution in [0.3, 0.4) is 0 Å². The number of aliphatic hydroxyl groups is 1. The van der Waals surface area contributed by atoms with E-state index in [1.165, 1.54) is 0 Å². The Hall–Kier alpha value is -0.960. The summed E-state index contributed by atoms with van der Waals surface area (Å²) in [6.45, 7) is -0.245. The zero-order valence-corrected chi connectivity index (χ0v) is 10.4. The van der Waals surface area contributed by atoms with Gasteiger partial charge in [-0.25, -0.2) is 4.79 Å². The van der Waals surface area contributed by atoms with Crippen molar-refractivity contribution in [2.45, 2.75) is 18.4 Å². The third-order valence-corrected chi connectivity index (χ3v) is 1.46. The van der Waals surface area contributed by atoms with Gasteiger partial charge in [-0.15, -0.1) is 0 Å². The molecule has 0 aliphatic carbocycles. The monoisotopic (exact) mass is 244 g/mol. The molecule has 0 aromatic rings. The predicted molar refractivity (Wildman–Crippen MR) is 42.7 cm³/mol. The first-order chi connectivity index (χ1) is 6.81. The topological polar surface area (TPSA) is 138 Å². The third-order valence-electron chi connectivity index (χ3n) is 1.46. The maximum atomic E-state index is 10.7. The molecule has 1 unspecified atom stereocenters. The molecule has 0 rings (SSSR count). The van der Waals surface area contributed by atoms with Crippen molar-refractivity contribution in [2.24, 2.45) is 0 Å². The number of rotatable bonds is 6. The SMILES string of the molecule is O=COC(=O)CC(O)(CC(=O)O)C(=O)O.[H-].[Na+]. The molecule has 0 aliphatic rings. The Morgan fingerprint density at radius 1 is 1.25 bits per heavy atom. The first-order valence-electron chi connectivity index (χ1n) is 3.62. The second kappa shape index (κ2) is 7.34. The molecule has 0 amide bonds. The molecule has 0 aliphatic heterocycles. The zero-order chi connectivity index (χ0) is 12.1. The number of carboxylic acids is 2. The minimum Gasteiger partial charge on any atom is -1.00 e. The number of aliphatic carboxylic acids is 2. The van der Waals surface area contributed by atoms with Gasteiger partial charge in [0.15, 0.2) is 5.60 Å². The minimum atomic E-state index is -2.77. The van der Waals surface area contributed by atoms with Gasteiger partial charge in [0.2, 0.25) is 0 Å². The molecule has 0 saturated heterocycles. The van der Waals surface area contributed by atoms with E-state index in [-0.39, 0.29) is 37.5 Å². The number of ether oxygens (including phenoxy) is 1. The molecule has 0 heterocycles. The molecule has 0 bridgehead atoms. The van der Waals surface area contributed by atoms with Crippen molar-refractivity contribution in [3.63, 3.8) is 0 Å². The summed E-state index contributed by atoms with van der Waals surface area (Å²) in [5.41, 5.74) is -2.77. The van der Waals surface area contributed by atoms with E-state index < -0.39 is 36.4 Å². The molecule has 9 heteroatoms. The summed E-state index contributed by atoms with van der Waals surface area (Å²) in [6.07, 6.45) is -2.29. The molecule has 0 fully saturated rings. The molecule has 0 saturated carbocycles. The van der Waals surface area contributed by atoms with E-state index in [1.54, 1.807) is 0 Å². The van der Waals surface area contributed by atoms with Crippen LogP contribution in [-0.2, 0) is 23.9 Å². The van der Waals surface area contributed by atoms with Gasteiger partial charge in [-0.2, -0.15) is 0 Å². The smallest absolute Gasteiger partial charge is 1.00 e. The van der Waals surface area contributed by atoms with Crippen molar-refractivity contribution in [3.05, 3.63) is 0 Å².